The van der Waals surface area contributed by atoms with Gasteiger partial charge >= 0.3 is 0 Å². The van der Waals surface area contributed by atoms with Crippen molar-refractivity contribution in [3.8, 4) is 0 Å². The zero-order chi connectivity index (χ0) is 24.2. The van der Waals surface area contributed by atoms with Gasteiger partial charge in [0.15, 0.2) is 0 Å². The van der Waals surface area contributed by atoms with Gasteiger partial charge in [0.05, 0.1) is 6.54 Å². The summed E-state index contributed by atoms with van der Waals surface area (Å²) in [6.45, 7) is 1.21. The van der Waals surface area contributed by atoms with Crippen molar-refractivity contribution >= 4 is 29.1 Å². The van der Waals surface area contributed by atoms with Crippen LogP contribution in [0.2, 0.25) is 0 Å². The van der Waals surface area contributed by atoms with Crippen molar-refractivity contribution in [2.75, 3.05) is 37.4 Å². The van der Waals surface area contributed by atoms with Crippen LogP contribution in [0.15, 0.2) is 48.5 Å². The molecular formula is C26H34N4O4. The first-order valence-electron chi connectivity index (χ1n) is 11.9. The Morgan fingerprint density at radius 1 is 0.912 bits per heavy atom. The van der Waals surface area contributed by atoms with E-state index in [1.807, 2.05) is 0 Å². The Labute approximate surface area is 200 Å². The summed E-state index contributed by atoms with van der Waals surface area (Å²) < 4.78 is 4.96. The van der Waals surface area contributed by atoms with Crippen molar-refractivity contribution in [1.29, 1.82) is 0 Å². The summed E-state index contributed by atoms with van der Waals surface area (Å²) in [4.78, 5) is 37.0. The van der Waals surface area contributed by atoms with Crippen LogP contribution in [-0.4, -0.2) is 50.6 Å². The number of methoxy groups -OCH3 is 1. The van der Waals surface area contributed by atoms with E-state index in [1.165, 1.54) is 6.42 Å². The van der Waals surface area contributed by atoms with E-state index in [0.717, 1.165) is 37.8 Å². The van der Waals surface area contributed by atoms with E-state index in [1.54, 1.807) is 55.6 Å². The number of rotatable bonds is 11. The third-order valence-corrected chi connectivity index (χ3v) is 5.76. The van der Waals surface area contributed by atoms with Crippen molar-refractivity contribution in [3.05, 3.63) is 59.7 Å². The molecule has 0 bridgehead atoms. The minimum atomic E-state index is -0.232. The standard InChI is InChI=1S/C26H34N4O4/c1-34-16-6-15-27-25(32)19-11-13-21(14-12-19)28-18-24(31)29-23-10-5-7-20(17-23)26(33)30-22-8-3-2-4-9-22/h5,7,10-14,17,22,28H,2-4,6,8-9,15-16,18H2,1H3,(H,27,32)(H,29,31)(H,30,33). The van der Waals surface area contributed by atoms with E-state index in [9.17, 15) is 14.4 Å². The second-order valence-electron chi connectivity index (χ2n) is 8.47. The molecule has 182 valence electrons. The summed E-state index contributed by atoms with van der Waals surface area (Å²) in [5.41, 5.74) is 2.39. The molecule has 0 saturated heterocycles. The number of hydrogen-bond donors (Lipinski definition) is 4. The summed E-state index contributed by atoms with van der Waals surface area (Å²) in [5, 5.41) is 11.8. The molecule has 1 saturated carbocycles. The molecule has 0 aromatic heterocycles. The maximum Gasteiger partial charge on any atom is 0.251 e. The second-order valence-corrected chi connectivity index (χ2v) is 8.47. The number of anilines is 2. The van der Waals surface area contributed by atoms with Crippen molar-refractivity contribution in [2.24, 2.45) is 0 Å². The van der Waals surface area contributed by atoms with E-state index in [2.05, 4.69) is 21.3 Å². The zero-order valence-electron chi connectivity index (χ0n) is 19.7. The maximum atomic E-state index is 12.6. The first-order valence-corrected chi connectivity index (χ1v) is 11.9. The third kappa shape index (κ3) is 8.19. The molecule has 2 aromatic carbocycles. The van der Waals surface area contributed by atoms with Crippen LogP contribution in [0.1, 0.15) is 59.2 Å². The average Bonchev–Trinajstić information content (AvgIpc) is 2.86. The molecule has 0 radical (unpaired) electrons. The molecule has 8 nitrogen and oxygen atoms in total. The number of hydrogen-bond acceptors (Lipinski definition) is 5. The molecule has 2 aromatic rings. The molecule has 0 unspecified atom stereocenters. The minimum Gasteiger partial charge on any atom is -0.385 e. The Morgan fingerprint density at radius 2 is 1.68 bits per heavy atom. The molecular weight excluding hydrogens is 432 g/mol. The second kappa shape index (κ2) is 13.3. The quantitative estimate of drug-likeness (QED) is 0.379. The number of ether oxygens (including phenoxy) is 1. The zero-order valence-corrected chi connectivity index (χ0v) is 19.7. The van der Waals surface area contributed by atoms with Crippen LogP contribution in [-0.2, 0) is 9.53 Å². The largest absolute Gasteiger partial charge is 0.385 e. The first-order chi connectivity index (χ1) is 16.5. The van der Waals surface area contributed by atoms with Crippen molar-refractivity contribution in [2.45, 2.75) is 44.6 Å². The summed E-state index contributed by atoms with van der Waals surface area (Å²) in [7, 11) is 1.63. The number of benzene rings is 2. The lowest BCUT2D eigenvalue weighted by molar-refractivity contribution is -0.114. The summed E-state index contributed by atoms with van der Waals surface area (Å²) in [6, 6.07) is 14.1. The van der Waals surface area contributed by atoms with Crippen LogP contribution in [0.25, 0.3) is 0 Å². The van der Waals surface area contributed by atoms with Gasteiger partial charge in [0.25, 0.3) is 11.8 Å². The van der Waals surface area contributed by atoms with Gasteiger partial charge < -0.3 is 26.0 Å². The lowest BCUT2D eigenvalue weighted by atomic mass is 9.95. The Hall–Kier alpha value is -3.39. The van der Waals surface area contributed by atoms with Gasteiger partial charge in [-0.2, -0.15) is 0 Å². The van der Waals surface area contributed by atoms with Crippen molar-refractivity contribution in [1.82, 2.24) is 10.6 Å². The van der Waals surface area contributed by atoms with E-state index in [-0.39, 0.29) is 30.3 Å². The predicted octanol–water partition coefficient (Wildman–Crippen LogP) is 3.57. The summed E-state index contributed by atoms with van der Waals surface area (Å²) in [5.74, 6) is -0.485. The van der Waals surface area contributed by atoms with Gasteiger partial charge in [-0.25, -0.2) is 0 Å². The van der Waals surface area contributed by atoms with Crippen LogP contribution < -0.4 is 21.3 Å². The molecule has 8 heteroatoms. The molecule has 0 heterocycles. The third-order valence-electron chi connectivity index (χ3n) is 5.76. The monoisotopic (exact) mass is 466 g/mol. The molecule has 3 amide bonds. The fraction of sp³-hybridized carbons (Fsp3) is 0.423. The fourth-order valence-electron chi connectivity index (χ4n) is 3.90. The Morgan fingerprint density at radius 3 is 2.41 bits per heavy atom. The molecule has 3 rings (SSSR count). The van der Waals surface area contributed by atoms with Gasteiger partial charge in [-0.3, -0.25) is 14.4 Å². The summed E-state index contributed by atoms with van der Waals surface area (Å²) in [6.07, 6.45) is 6.33. The van der Waals surface area contributed by atoms with Gasteiger partial charge in [-0.05, 0) is 61.7 Å². The Balaban J connectivity index is 1.44. The maximum absolute atomic E-state index is 12.6. The van der Waals surface area contributed by atoms with Crippen molar-refractivity contribution < 1.29 is 19.1 Å². The SMILES string of the molecule is COCCCNC(=O)c1ccc(NCC(=O)Nc2cccc(C(=O)NC3CCCCC3)c2)cc1. The lowest BCUT2D eigenvalue weighted by Gasteiger charge is -2.22. The van der Waals surface area contributed by atoms with Gasteiger partial charge in [-0.1, -0.05) is 25.3 Å². The van der Waals surface area contributed by atoms with Gasteiger partial charge in [0.2, 0.25) is 5.91 Å². The van der Waals surface area contributed by atoms with Gasteiger partial charge in [0, 0.05) is 48.8 Å². The van der Waals surface area contributed by atoms with Gasteiger partial charge in [0.1, 0.15) is 0 Å². The number of amides is 3. The number of carbonyl (C=O) groups excluding carboxylic acids is 3. The molecule has 1 fully saturated rings. The molecule has 0 aliphatic heterocycles. The molecule has 0 atom stereocenters. The van der Waals surface area contributed by atoms with Crippen LogP contribution in [0.5, 0.6) is 0 Å². The molecule has 1 aliphatic carbocycles. The highest BCUT2D eigenvalue weighted by Crippen LogP contribution is 2.18. The highest BCUT2D eigenvalue weighted by Gasteiger charge is 2.17. The Bertz CT molecular complexity index is 956. The minimum absolute atomic E-state index is 0.0566. The first kappa shape index (κ1) is 25.2. The molecule has 0 spiro atoms. The topological polar surface area (TPSA) is 109 Å². The van der Waals surface area contributed by atoms with Crippen LogP contribution in [0, 0.1) is 0 Å². The molecule has 4 N–H and O–H groups in total. The van der Waals surface area contributed by atoms with E-state index in [0.29, 0.717) is 30.0 Å². The van der Waals surface area contributed by atoms with Crippen LogP contribution in [0.4, 0.5) is 11.4 Å². The van der Waals surface area contributed by atoms with Crippen molar-refractivity contribution in [3.63, 3.8) is 0 Å². The highest BCUT2D eigenvalue weighted by atomic mass is 16.5. The van der Waals surface area contributed by atoms with Crippen LogP contribution in [0.3, 0.4) is 0 Å². The predicted molar refractivity (Wildman–Crippen MR) is 133 cm³/mol. The lowest BCUT2D eigenvalue weighted by Crippen LogP contribution is -2.36. The average molecular weight is 467 g/mol. The molecule has 1 aliphatic rings. The summed E-state index contributed by atoms with van der Waals surface area (Å²) >= 11 is 0. The van der Waals surface area contributed by atoms with E-state index >= 15 is 0 Å². The van der Waals surface area contributed by atoms with E-state index in [4.69, 9.17) is 4.74 Å². The highest BCUT2D eigenvalue weighted by molar-refractivity contribution is 5.98. The smallest absolute Gasteiger partial charge is 0.251 e. The van der Waals surface area contributed by atoms with Gasteiger partial charge in [-0.15, -0.1) is 0 Å². The fourth-order valence-corrected chi connectivity index (χ4v) is 3.90. The van der Waals surface area contributed by atoms with E-state index < -0.39 is 0 Å². The number of nitrogens with one attached hydrogen (secondary N) is 4. The normalized spacial score (nSPS) is 13.7. The molecule has 34 heavy (non-hydrogen) atoms. The van der Waals surface area contributed by atoms with Crippen LogP contribution >= 0.6 is 0 Å². The Kier molecular flexibility index (Phi) is 9.91. The number of carbonyl (C=O) groups is 3.